The Kier molecular flexibility index (Phi) is 5.53. The van der Waals surface area contributed by atoms with Gasteiger partial charge in [0.05, 0.1) is 5.52 Å². The molecule has 1 aromatic carbocycles. The van der Waals surface area contributed by atoms with Gasteiger partial charge in [0, 0.05) is 61.9 Å². The molecule has 1 fully saturated rings. The first-order chi connectivity index (χ1) is 15.9. The number of nitrogens with two attached hydrogens (primary N) is 1. The number of piperazine rings is 1. The molecule has 0 unspecified atom stereocenters. The molecule has 9 heteroatoms. The van der Waals surface area contributed by atoms with Crippen LogP contribution in [0.1, 0.15) is 0 Å². The van der Waals surface area contributed by atoms with Gasteiger partial charge in [-0.3, -0.25) is 9.97 Å². The summed E-state index contributed by atoms with van der Waals surface area (Å²) in [5.74, 6) is 0.0117. The topological polar surface area (TPSA) is 105 Å². The van der Waals surface area contributed by atoms with E-state index in [1.807, 2.05) is 43.4 Å². The van der Waals surface area contributed by atoms with Gasteiger partial charge in [-0.05, 0) is 60.1 Å². The van der Waals surface area contributed by atoms with Crippen molar-refractivity contribution in [3.8, 4) is 22.3 Å². The Hall–Kier alpha value is -3.40. The maximum Gasteiger partial charge on any atom is 0.246 e. The van der Waals surface area contributed by atoms with Crippen LogP contribution in [-0.2, 0) is 10.0 Å². The van der Waals surface area contributed by atoms with Crippen molar-refractivity contribution < 1.29 is 8.42 Å². The van der Waals surface area contributed by atoms with Crippen LogP contribution < -0.4 is 5.73 Å². The van der Waals surface area contributed by atoms with Gasteiger partial charge >= 0.3 is 0 Å². The third-order valence-electron chi connectivity index (χ3n) is 6.03. The molecule has 0 spiro atoms. The Labute approximate surface area is 192 Å². The smallest absolute Gasteiger partial charge is 0.246 e. The van der Waals surface area contributed by atoms with Crippen molar-refractivity contribution in [1.29, 1.82) is 0 Å². The molecule has 0 saturated carbocycles. The lowest BCUT2D eigenvalue weighted by Crippen LogP contribution is -2.47. The minimum absolute atomic E-state index is 0.0117. The average molecular weight is 461 g/mol. The quantitative estimate of drug-likeness (QED) is 0.499. The molecule has 0 atom stereocenters. The van der Waals surface area contributed by atoms with Crippen LogP contribution in [0.3, 0.4) is 0 Å². The summed E-state index contributed by atoms with van der Waals surface area (Å²) in [5.41, 5.74) is 10.5. The molecular formula is C24H24N6O2S. The van der Waals surface area contributed by atoms with E-state index < -0.39 is 10.0 Å². The third-order valence-corrected chi connectivity index (χ3v) is 7.96. The number of aromatic nitrogens is 3. The normalized spacial score (nSPS) is 15.7. The number of nitrogen functional groups attached to an aromatic ring is 1. The molecule has 1 aliphatic rings. The van der Waals surface area contributed by atoms with Crippen molar-refractivity contribution in [2.24, 2.45) is 0 Å². The fourth-order valence-corrected chi connectivity index (χ4v) is 5.61. The van der Waals surface area contributed by atoms with Gasteiger partial charge in [0.2, 0.25) is 10.0 Å². The maximum atomic E-state index is 13.3. The Bertz CT molecular complexity index is 1420. The van der Waals surface area contributed by atoms with E-state index in [-0.39, 0.29) is 10.7 Å². The van der Waals surface area contributed by atoms with Crippen LogP contribution in [0, 0.1) is 0 Å². The first-order valence-electron chi connectivity index (χ1n) is 10.7. The zero-order chi connectivity index (χ0) is 23.0. The number of hydrogen-bond acceptors (Lipinski definition) is 7. The fraction of sp³-hybridized carbons (Fsp3) is 0.208. The largest absolute Gasteiger partial charge is 0.383 e. The number of rotatable bonds is 4. The standard InChI is InChI=1S/C24H24N6O2S/c1-29-10-12-30(13-11-29)33(31,32)23-15-19(16-28-24(23)25)18-2-3-22-21(14-18)20(6-9-27-22)17-4-7-26-8-5-17/h2-9,14-16H,10-13H2,1H3,(H2,25,28). The third kappa shape index (κ3) is 4.06. The van der Waals surface area contributed by atoms with Crippen molar-refractivity contribution in [1.82, 2.24) is 24.2 Å². The second-order valence-corrected chi connectivity index (χ2v) is 10.0. The maximum absolute atomic E-state index is 13.3. The lowest BCUT2D eigenvalue weighted by atomic mass is 9.98. The molecule has 0 amide bonds. The van der Waals surface area contributed by atoms with Crippen LogP contribution in [0.15, 0.2) is 72.1 Å². The molecule has 0 bridgehead atoms. The van der Waals surface area contributed by atoms with E-state index in [0.29, 0.717) is 31.7 Å². The lowest BCUT2D eigenvalue weighted by molar-refractivity contribution is 0.222. The van der Waals surface area contributed by atoms with Crippen LogP contribution in [0.5, 0.6) is 0 Å². The Balaban J connectivity index is 1.58. The van der Waals surface area contributed by atoms with E-state index in [4.69, 9.17) is 5.73 Å². The number of pyridine rings is 3. The van der Waals surface area contributed by atoms with Gasteiger partial charge in [0.15, 0.2) is 0 Å². The zero-order valence-corrected chi connectivity index (χ0v) is 19.0. The van der Waals surface area contributed by atoms with Crippen LogP contribution in [0.2, 0.25) is 0 Å². The Morgan fingerprint density at radius 3 is 2.36 bits per heavy atom. The van der Waals surface area contributed by atoms with Crippen molar-refractivity contribution in [3.63, 3.8) is 0 Å². The number of hydrogen-bond donors (Lipinski definition) is 1. The molecule has 0 radical (unpaired) electrons. The Morgan fingerprint density at radius 1 is 0.848 bits per heavy atom. The summed E-state index contributed by atoms with van der Waals surface area (Å²) in [7, 11) is -1.76. The molecule has 8 nitrogen and oxygen atoms in total. The molecule has 4 aromatic rings. The molecule has 1 saturated heterocycles. The number of nitrogens with zero attached hydrogens (tertiary/aromatic N) is 5. The van der Waals surface area contributed by atoms with Crippen LogP contribution in [0.25, 0.3) is 33.2 Å². The summed E-state index contributed by atoms with van der Waals surface area (Å²) in [6.45, 7) is 2.22. The van der Waals surface area contributed by atoms with Crippen LogP contribution in [-0.4, -0.2) is 65.8 Å². The van der Waals surface area contributed by atoms with Crippen LogP contribution in [0.4, 0.5) is 5.82 Å². The first kappa shape index (κ1) is 21.4. The summed E-state index contributed by atoms with van der Waals surface area (Å²) >= 11 is 0. The number of sulfonamides is 1. The molecule has 168 valence electrons. The summed E-state index contributed by atoms with van der Waals surface area (Å²) in [4.78, 5) is 15.0. The molecule has 5 rings (SSSR count). The minimum Gasteiger partial charge on any atom is -0.383 e. The monoisotopic (exact) mass is 460 g/mol. The highest BCUT2D eigenvalue weighted by atomic mass is 32.2. The lowest BCUT2D eigenvalue weighted by Gasteiger charge is -2.31. The first-order valence-corrected chi connectivity index (χ1v) is 12.1. The highest BCUT2D eigenvalue weighted by Gasteiger charge is 2.30. The predicted molar refractivity (Wildman–Crippen MR) is 129 cm³/mol. The van der Waals surface area contributed by atoms with Gasteiger partial charge < -0.3 is 10.6 Å². The van der Waals surface area contributed by atoms with Gasteiger partial charge in [0.25, 0.3) is 0 Å². The van der Waals surface area contributed by atoms with Crippen LogP contribution >= 0.6 is 0 Å². The van der Waals surface area contributed by atoms with E-state index >= 15 is 0 Å². The van der Waals surface area contributed by atoms with E-state index in [9.17, 15) is 8.42 Å². The number of likely N-dealkylation sites (N-methyl/N-ethyl adjacent to an activating group) is 1. The molecule has 2 N–H and O–H groups in total. The van der Waals surface area contributed by atoms with E-state index in [0.717, 1.165) is 27.6 Å². The SMILES string of the molecule is CN1CCN(S(=O)(=O)c2cc(-c3ccc4nccc(-c5ccncc5)c4c3)cnc2N)CC1. The van der Waals surface area contributed by atoms with Crippen molar-refractivity contribution >= 4 is 26.7 Å². The number of benzene rings is 1. The molecule has 33 heavy (non-hydrogen) atoms. The second-order valence-electron chi connectivity index (χ2n) is 8.14. The number of fused-ring (bicyclic) bond motifs is 1. The molecule has 4 heterocycles. The highest BCUT2D eigenvalue weighted by molar-refractivity contribution is 7.89. The summed E-state index contributed by atoms with van der Waals surface area (Å²) in [5, 5.41) is 0.960. The van der Waals surface area contributed by atoms with E-state index in [1.54, 1.807) is 30.9 Å². The van der Waals surface area contributed by atoms with Crippen molar-refractivity contribution in [2.75, 3.05) is 39.0 Å². The Morgan fingerprint density at radius 2 is 1.61 bits per heavy atom. The van der Waals surface area contributed by atoms with Gasteiger partial charge in [-0.15, -0.1) is 0 Å². The summed E-state index contributed by atoms with van der Waals surface area (Å²) < 4.78 is 28.1. The van der Waals surface area contributed by atoms with Gasteiger partial charge in [-0.25, -0.2) is 13.4 Å². The van der Waals surface area contributed by atoms with Gasteiger partial charge in [-0.2, -0.15) is 4.31 Å². The van der Waals surface area contributed by atoms with Crippen molar-refractivity contribution in [3.05, 3.63) is 67.3 Å². The summed E-state index contributed by atoms with van der Waals surface area (Å²) in [6, 6.07) is 13.4. The minimum atomic E-state index is -3.74. The zero-order valence-electron chi connectivity index (χ0n) is 18.2. The van der Waals surface area contributed by atoms with Gasteiger partial charge in [-0.1, -0.05) is 6.07 Å². The average Bonchev–Trinajstić information content (AvgIpc) is 2.84. The second kappa shape index (κ2) is 8.51. The molecular weight excluding hydrogens is 436 g/mol. The van der Waals surface area contributed by atoms with Gasteiger partial charge in [0.1, 0.15) is 10.7 Å². The van der Waals surface area contributed by atoms with E-state index in [1.165, 1.54) is 4.31 Å². The molecule has 3 aromatic heterocycles. The highest BCUT2D eigenvalue weighted by Crippen LogP contribution is 2.33. The summed E-state index contributed by atoms with van der Waals surface area (Å²) in [6.07, 6.45) is 6.90. The van der Waals surface area contributed by atoms with E-state index in [2.05, 4.69) is 19.9 Å². The van der Waals surface area contributed by atoms with Crippen molar-refractivity contribution in [2.45, 2.75) is 4.90 Å². The fourth-order valence-electron chi connectivity index (χ4n) is 4.10. The predicted octanol–water partition coefficient (Wildman–Crippen LogP) is 2.88. The molecule has 0 aliphatic carbocycles. The molecule has 1 aliphatic heterocycles. The number of anilines is 1.